The number of nitrogens with zero attached hydrogens (tertiary/aromatic N) is 1. The highest BCUT2D eigenvalue weighted by molar-refractivity contribution is 5.92. The minimum atomic E-state index is -0.144. The van der Waals surface area contributed by atoms with Gasteiger partial charge in [0.25, 0.3) is 5.91 Å². The van der Waals surface area contributed by atoms with Crippen LogP contribution in [0.3, 0.4) is 0 Å². The smallest absolute Gasteiger partial charge is 0.269 e. The predicted octanol–water partition coefficient (Wildman–Crippen LogP) is 1.85. The molecule has 0 spiro atoms. The summed E-state index contributed by atoms with van der Waals surface area (Å²) < 4.78 is 0. The number of benzene rings is 1. The third-order valence-electron chi connectivity index (χ3n) is 2.39. The van der Waals surface area contributed by atoms with E-state index >= 15 is 0 Å². The highest BCUT2D eigenvalue weighted by atomic mass is 16.1. The number of amides is 1. The maximum atomic E-state index is 11.6. The maximum Gasteiger partial charge on any atom is 0.269 e. The van der Waals surface area contributed by atoms with E-state index in [4.69, 9.17) is 0 Å². The average Bonchev–Trinajstić information content (AvgIpc) is 2.41. The lowest BCUT2D eigenvalue weighted by atomic mass is 10.1. The zero-order chi connectivity index (χ0) is 11.9. The van der Waals surface area contributed by atoms with E-state index in [9.17, 15) is 4.79 Å². The van der Waals surface area contributed by atoms with Crippen molar-refractivity contribution in [3.8, 4) is 0 Å². The summed E-state index contributed by atoms with van der Waals surface area (Å²) in [6.45, 7) is 0.614. The van der Waals surface area contributed by atoms with Crippen molar-refractivity contribution < 1.29 is 4.79 Å². The summed E-state index contributed by atoms with van der Waals surface area (Å²) in [5.41, 5.74) is 1.64. The Labute approximate surface area is 101 Å². The molecule has 3 nitrogen and oxygen atoms in total. The average molecular weight is 225 g/mol. The Bertz CT molecular complexity index is 468. The third kappa shape index (κ3) is 3.41. The van der Waals surface area contributed by atoms with Crippen LogP contribution in [-0.4, -0.2) is 17.4 Å². The van der Waals surface area contributed by atoms with Crippen molar-refractivity contribution >= 4 is 5.91 Å². The monoisotopic (exact) mass is 225 g/mol. The topological polar surface area (TPSA) is 42.0 Å². The lowest BCUT2D eigenvalue weighted by Crippen LogP contribution is -2.26. The zero-order valence-electron chi connectivity index (χ0n) is 9.39. The Morgan fingerprint density at radius 1 is 1.24 bits per heavy atom. The molecule has 0 aliphatic rings. The summed E-state index contributed by atoms with van der Waals surface area (Å²) in [6, 6.07) is 16.2. The zero-order valence-corrected chi connectivity index (χ0v) is 9.39. The van der Waals surface area contributed by atoms with Crippen molar-refractivity contribution in [1.82, 2.24) is 10.3 Å². The standard InChI is InChI=1S/C14H13N2O/c17-14(13-8-4-5-10-15-13)16-11-9-12-6-2-1-3-7-12/h1-4,6-8,10H,9,11H2,(H,16,17). The third-order valence-corrected chi connectivity index (χ3v) is 2.39. The van der Waals surface area contributed by atoms with Crippen LogP contribution in [0.25, 0.3) is 0 Å². The Morgan fingerprint density at radius 2 is 2.06 bits per heavy atom. The van der Waals surface area contributed by atoms with Crippen molar-refractivity contribution in [2.24, 2.45) is 0 Å². The van der Waals surface area contributed by atoms with Gasteiger partial charge in [0, 0.05) is 18.8 Å². The van der Waals surface area contributed by atoms with Gasteiger partial charge < -0.3 is 5.32 Å². The second-order valence-electron chi connectivity index (χ2n) is 3.63. The Hall–Kier alpha value is -2.16. The molecule has 0 saturated heterocycles. The van der Waals surface area contributed by atoms with Crippen molar-refractivity contribution in [2.75, 3.05) is 6.54 Å². The van der Waals surface area contributed by atoms with Crippen LogP contribution in [0.5, 0.6) is 0 Å². The van der Waals surface area contributed by atoms with Gasteiger partial charge in [-0.15, -0.1) is 0 Å². The molecule has 1 heterocycles. The minimum Gasteiger partial charge on any atom is -0.350 e. The van der Waals surface area contributed by atoms with E-state index in [-0.39, 0.29) is 5.91 Å². The van der Waals surface area contributed by atoms with Crippen molar-refractivity contribution in [2.45, 2.75) is 6.42 Å². The van der Waals surface area contributed by atoms with Crippen LogP contribution >= 0.6 is 0 Å². The van der Waals surface area contributed by atoms with Crippen molar-refractivity contribution in [3.63, 3.8) is 0 Å². The van der Waals surface area contributed by atoms with Crippen LogP contribution < -0.4 is 5.32 Å². The van der Waals surface area contributed by atoms with Crippen LogP contribution in [0.2, 0.25) is 0 Å². The number of pyridine rings is 1. The van der Waals surface area contributed by atoms with E-state index in [0.717, 1.165) is 6.42 Å². The van der Waals surface area contributed by atoms with E-state index in [2.05, 4.69) is 16.4 Å². The quantitative estimate of drug-likeness (QED) is 0.862. The van der Waals surface area contributed by atoms with Gasteiger partial charge in [-0.1, -0.05) is 36.4 Å². The normalized spacial score (nSPS) is 9.88. The molecule has 1 aromatic heterocycles. The maximum absolute atomic E-state index is 11.6. The molecule has 17 heavy (non-hydrogen) atoms. The molecule has 0 fully saturated rings. The first-order chi connectivity index (χ1) is 8.36. The Morgan fingerprint density at radius 3 is 2.76 bits per heavy atom. The van der Waals surface area contributed by atoms with Crippen LogP contribution in [0.1, 0.15) is 16.1 Å². The van der Waals surface area contributed by atoms with Crippen LogP contribution in [0, 0.1) is 6.07 Å². The van der Waals surface area contributed by atoms with E-state index < -0.39 is 0 Å². The second-order valence-corrected chi connectivity index (χ2v) is 3.63. The van der Waals surface area contributed by atoms with Gasteiger partial charge in [-0.2, -0.15) is 0 Å². The highest BCUT2D eigenvalue weighted by Gasteiger charge is 2.04. The summed E-state index contributed by atoms with van der Waals surface area (Å²) in [7, 11) is 0. The van der Waals surface area contributed by atoms with Crippen LogP contribution in [0.15, 0.2) is 48.7 Å². The summed E-state index contributed by atoms with van der Waals surface area (Å²) >= 11 is 0. The van der Waals surface area contributed by atoms with Gasteiger partial charge >= 0.3 is 0 Å². The van der Waals surface area contributed by atoms with Gasteiger partial charge in [-0.05, 0) is 18.1 Å². The van der Waals surface area contributed by atoms with Gasteiger partial charge in [0.15, 0.2) is 0 Å². The van der Waals surface area contributed by atoms with Crippen LogP contribution in [0.4, 0.5) is 0 Å². The molecule has 1 aromatic carbocycles. The fourth-order valence-corrected chi connectivity index (χ4v) is 1.51. The number of hydrogen-bond donors (Lipinski definition) is 1. The first-order valence-electron chi connectivity index (χ1n) is 5.50. The number of rotatable bonds is 4. The molecule has 0 unspecified atom stereocenters. The molecular formula is C14H13N2O. The molecule has 0 aliphatic carbocycles. The summed E-state index contributed by atoms with van der Waals surface area (Å²) in [5, 5.41) is 2.83. The predicted molar refractivity (Wildman–Crippen MR) is 65.6 cm³/mol. The van der Waals surface area contributed by atoms with Crippen LogP contribution in [-0.2, 0) is 6.42 Å². The number of carbonyl (C=O) groups excluding carboxylic acids is 1. The Kier molecular flexibility index (Phi) is 3.86. The molecule has 1 radical (unpaired) electrons. The molecule has 2 rings (SSSR count). The first-order valence-corrected chi connectivity index (χ1v) is 5.50. The molecule has 1 amide bonds. The minimum absolute atomic E-state index is 0.144. The largest absolute Gasteiger partial charge is 0.350 e. The fourth-order valence-electron chi connectivity index (χ4n) is 1.51. The van der Waals surface area contributed by atoms with E-state index in [0.29, 0.717) is 12.2 Å². The van der Waals surface area contributed by atoms with Gasteiger partial charge in [0.1, 0.15) is 5.69 Å². The highest BCUT2D eigenvalue weighted by Crippen LogP contribution is 1.98. The molecule has 0 saturated carbocycles. The van der Waals surface area contributed by atoms with Gasteiger partial charge in [0.05, 0.1) is 0 Å². The number of carbonyl (C=O) groups is 1. The summed E-state index contributed by atoms with van der Waals surface area (Å²) in [5.74, 6) is -0.144. The SMILES string of the molecule is O=C(NCCc1ccccc1)c1cc[c]cn1. The molecule has 3 heteroatoms. The number of aromatic nitrogens is 1. The lowest BCUT2D eigenvalue weighted by Gasteiger charge is -2.04. The van der Waals surface area contributed by atoms with Crippen molar-refractivity contribution in [3.05, 3.63) is 66.0 Å². The van der Waals surface area contributed by atoms with Gasteiger partial charge in [-0.3, -0.25) is 9.78 Å². The first kappa shape index (κ1) is 11.3. The molecule has 0 aliphatic heterocycles. The second kappa shape index (κ2) is 5.80. The molecule has 85 valence electrons. The lowest BCUT2D eigenvalue weighted by molar-refractivity contribution is 0.0949. The van der Waals surface area contributed by atoms with Crippen molar-refractivity contribution in [1.29, 1.82) is 0 Å². The van der Waals surface area contributed by atoms with Gasteiger partial charge in [-0.25, -0.2) is 0 Å². The van der Waals surface area contributed by atoms with Gasteiger partial charge in [0.2, 0.25) is 0 Å². The molecular weight excluding hydrogens is 212 g/mol. The molecule has 1 N–H and O–H groups in total. The van der Waals surface area contributed by atoms with E-state index in [1.54, 1.807) is 12.1 Å². The molecule has 2 aromatic rings. The Balaban J connectivity index is 1.82. The number of hydrogen-bond acceptors (Lipinski definition) is 2. The summed E-state index contributed by atoms with van der Waals surface area (Å²) in [4.78, 5) is 15.6. The fraction of sp³-hybridized carbons (Fsp3) is 0.143. The molecule has 0 bridgehead atoms. The molecule has 0 atom stereocenters. The number of nitrogens with one attached hydrogen (secondary N) is 1. The van der Waals surface area contributed by atoms with E-state index in [1.807, 2.05) is 30.3 Å². The summed E-state index contributed by atoms with van der Waals surface area (Å²) in [6.07, 6.45) is 2.32. The van der Waals surface area contributed by atoms with E-state index in [1.165, 1.54) is 11.8 Å².